The van der Waals surface area contributed by atoms with Gasteiger partial charge in [-0.3, -0.25) is 9.98 Å². The zero-order chi connectivity index (χ0) is 22.9. The molecule has 0 saturated heterocycles. The van der Waals surface area contributed by atoms with Gasteiger partial charge in [-0.05, 0) is 53.1 Å². The molecule has 33 heavy (non-hydrogen) atoms. The molecule has 1 aliphatic heterocycles. The molecule has 0 aliphatic carbocycles. The van der Waals surface area contributed by atoms with E-state index in [4.69, 9.17) is 17.0 Å². The van der Waals surface area contributed by atoms with E-state index in [9.17, 15) is 9.18 Å². The number of nitrogens with zero attached hydrogens (tertiary/aromatic N) is 2. The first kappa shape index (κ1) is 20.8. The topological polar surface area (TPSA) is 110 Å². The van der Waals surface area contributed by atoms with Gasteiger partial charge >= 0.3 is 5.69 Å². The molecular weight excluding hydrogens is 443 g/mol. The van der Waals surface area contributed by atoms with Crippen molar-refractivity contribution >= 4 is 46.4 Å². The Kier molecular flexibility index (Phi) is 5.35. The van der Waals surface area contributed by atoms with Crippen LogP contribution in [0.25, 0.3) is 16.7 Å². The fourth-order valence-electron chi connectivity index (χ4n) is 3.88. The minimum absolute atomic E-state index is 0.0715. The fourth-order valence-corrected chi connectivity index (χ4v) is 3.99. The average Bonchev–Trinajstić information content (AvgIpc) is 3.40. The Morgan fingerprint density at radius 1 is 1.18 bits per heavy atom. The summed E-state index contributed by atoms with van der Waals surface area (Å²) in [7, 11) is 0. The van der Waals surface area contributed by atoms with Gasteiger partial charge in [0.2, 0.25) is 0 Å². The smallest absolute Gasteiger partial charge is 0.323 e. The molecule has 5 rings (SSSR count). The molecule has 0 fully saturated rings. The van der Waals surface area contributed by atoms with Gasteiger partial charge in [-0.2, -0.15) is 0 Å². The van der Waals surface area contributed by atoms with Gasteiger partial charge in [0.15, 0.2) is 0 Å². The summed E-state index contributed by atoms with van der Waals surface area (Å²) in [4.78, 5) is 26.1. The lowest BCUT2D eigenvalue weighted by Gasteiger charge is -2.14. The van der Waals surface area contributed by atoms with Crippen LogP contribution in [-0.4, -0.2) is 27.4 Å². The summed E-state index contributed by atoms with van der Waals surface area (Å²) >= 11 is 5.76. The third-order valence-corrected chi connectivity index (χ3v) is 5.81. The number of pyridine rings is 1. The summed E-state index contributed by atoms with van der Waals surface area (Å²) in [6, 6.07) is 12.3. The van der Waals surface area contributed by atoms with E-state index >= 15 is 0 Å². The molecule has 0 bridgehead atoms. The maximum atomic E-state index is 13.8. The van der Waals surface area contributed by atoms with Crippen molar-refractivity contribution in [1.29, 1.82) is 5.41 Å². The highest BCUT2D eigenvalue weighted by atomic mass is 35.5. The number of imidazole rings is 1. The van der Waals surface area contributed by atoms with Gasteiger partial charge in [0.25, 0.3) is 0 Å². The van der Waals surface area contributed by atoms with Crippen LogP contribution in [-0.2, 0) is 6.54 Å². The number of hydrogen-bond donors (Lipinski definition) is 4. The molecule has 0 spiro atoms. The van der Waals surface area contributed by atoms with Crippen molar-refractivity contribution in [1.82, 2.24) is 20.3 Å². The lowest BCUT2D eigenvalue weighted by molar-refractivity contribution is 0.625. The summed E-state index contributed by atoms with van der Waals surface area (Å²) in [5.41, 5.74) is 5.92. The predicted molar refractivity (Wildman–Crippen MR) is 128 cm³/mol. The van der Waals surface area contributed by atoms with Crippen molar-refractivity contribution in [2.24, 2.45) is 4.99 Å². The van der Waals surface area contributed by atoms with Crippen LogP contribution < -0.4 is 11.0 Å². The fraction of sp³-hybridized carbons (Fsp3) is 0.0833. The van der Waals surface area contributed by atoms with E-state index in [1.807, 2.05) is 30.5 Å². The van der Waals surface area contributed by atoms with Crippen LogP contribution in [0.3, 0.4) is 0 Å². The molecule has 1 atom stereocenters. The van der Waals surface area contributed by atoms with Crippen molar-refractivity contribution < 1.29 is 4.39 Å². The number of allylic oxidation sites excluding steroid dienone is 1. The van der Waals surface area contributed by atoms with Crippen molar-refractivity contribution in [3.63, 3.8) is 0 Å². The van der Waals surface area contributed by atoms with Crippen molar-refractivity contribution in [3.05, 3.63) is 98.4 Å². The number of aromatic nitrogens is 3. The minimum atomic E-state index is -0.482. The Labute approximate surface area is 192 Å². The van der Waals surface area contributed by atoms with Gasteiger partial charge in [0.05, 0.1) is 39.3 Å². The first-order chi connectivity index (χ1) is 16.0. The SMILES string of the molecule is N=C/C=C(\NCc1ccc(Cl)c(F)c1)c1cc2c(cn1)N=CC2c1ccc2[nH]c(=O)[nH]c2c1. The highest BCUT2D eigenvalue weighted by Gasteiger charge is 2.23. The second-order valence-electron chi connectivity index (χ2n) is 7.62. The van der Waals surface area contributed by atoms with Crippen molar-refractivity contribution in [2.75, 3.05) is 0 Å². The number of hydrogen-bond acceptors (Lipinski definition) is 5. The van der Waals surface area contributed by atoms with E-state index in [2.05, 4.69) is 25.3 Å². The Hall–Kier alpha value is -4.04. The highest BCUT2D eigenvalue weighted by molar-refractivity contribution is 6.30. The number of benzene rings is 2. The molecule has 7 nitrogen and oxygen atoms in total. The first-order valence-electron chi connectivity index (χ1n) is 10.2. The molecule has 9 heteroatoms. The quantitative estimate of drug-likeness (QED) is 0.314. The van der Waals surface area contributed by atoms with E-state index in [-0.39, 0.29) is 16.6 Å². The van der Waals surface area contributed by atoms with Crippen molar-refractivity contribution in [2.45, 2.75) is 12.5 Å². The summed E-state index contributed by atoms with van der Waals surface area (Å²) < 4.78 is 13.8. The van der Waals surface area contributed by atoms with Gasteiger partial charge < -0.3 is 20.7 Å². The predicted octanol–water partition coefficient (Wildman–Crippen LogP) is 4.67. The maximum absolute atomic E-state index is 13.8. The summed E-state index contributed by atoms with van der Waals surface area (Å²) in [5.74, 6) is -0.582. The molecule has 2 aromatic heterocycles. The van der Waals surface area contributed by atoms with Gasteiger partial charge in [-0.25, -0.2) is 9.18 Å². The van der Waals surface area contributed by atoms with E-state index in [1.54, 1.807) is 18.3 Å². The van der Waals surface area contributed by atoms with Gasteiger partial charge in [0.1, 0.15) is 5.82 Å². The standard InChI is InChI=1S/C24H18ClFN6O/c25-17-3-1-13(7-18(17)26)10-28-19(5-6-27)21-9-15-16(11-29-23(15)12-30-21)14-2-4-20-22(8-14)32-24(33)31-20/h1-9,11-12,16,27-28H,10H2,(H2,31,32,33)/b19-5-,27-6?. The third kappa shape index (κ3) is 4.08. The number of nitrogens with one attached hydrogen (secondary N) is 4. The van der Waals surface area contributed by atoms with Crippen LogP contribution in [0.15, 0.2) is 64.5 Å². The Balaban J connectivity index is 1.44. The number of halogens is 2. The van der Waals surface area contributed by atoms with E-state index in [1.165, 1.54) is 18.3 Å². The molecule has 0 radical (unpaired) electrons. The summed E-state index contributed by atoms with van der Waals surface area (Å²) in [5, 5.41) is 10.8. The number of fused-ring (bicyclic) bond motifs is 2. The van der Waals surface area contributed by atoms with Crippen LogP contribution >= 0.6 is 11.6 Å². The summed E-state index contributed by atoms with van der Waals surface area (Å²) in [6.45, 7) is 0.337. The zero-order valence-electron chi connectivity index (χ0n) is 17.2. The number of aliphatic imine (C=N–C) groups is 1. The largest absolute Gasteiger partial charge is 0.379 e. The lowest BCUT2D eigenvalue weighted by Crippen LogP contribution is -2.14. The van der Waals surface area contributed by atoms with Crippen LogP contribution in [0.4, 0.5) is 10.1 Å². The molecule has 0 amide bonds. The molecule has 0 saturated carbocycles. The number of rotatable bonds is 6. The normalized spacial score (nSPS) is 15.1. The van der Waals surface area contributed by atoms with E-state index in [0.29, 0.717) is 23.5 Å². The maximum Gasteiger partial charge on any atom is 0.323 e. The van der Waals surface area contributed by atoms with Crippen LogP contribution in [0, 0.1) is 11.2 Å². The molecule has 1 aliphatic rings. The molecule has 164 valence electrons. The van der Waals surface area contributed by atoms with Gasteiger partial charge in [0, 0.05) is 24.9 Å². The molecule has 2 aromatic carbocycles. The first-order valence-corrected chi connectivity index (χ1v) is 10.5. The zero-order valence-corrected chi connectivity index (χ0v) is 17.9. The molecule has 3 heterocycles. The summed E-state index contributed by atoms with van der Waals surface area (Å²) in [6.07, 6.45) is 6.32. The van der Waals surface area contributed by atoms with Crippen LogP contribution in [0.5, 0.6) is 0 Å². The second kappa shape index (κ2) is 8.48. The number of H-pyrrole nitrogens is 2. The average molecular weight is 461 g/mol. The molecule has 1 unspecified atom stereocenters. The van der Waals surface area contributed by atoms with Crippen LogP contribution in [0.1, 0.15) is 28.3 Å². The van der Waals surface area contributed by atoms with Gasteiger partial charge in [-0.1, -0.05) is 23.7 Å². The molecule has 4 N–H and O–H groups in total. The van der Waals surface area contributed by atoms with Crippen LogP contribution in [0.2, 0.25) is 5.02 Å². The Morgan fingerprint density at radius 2 is 2.03 bits per heavy atom. The highest BCUT2D eigenvalue weighted by Crippen LogP contribution is 2.37. The number of aromatic amines is 2. The molecule has 4 aromatic rings. The molecular formula is C24H18ClFN6O. The third-order valence-electron chi connectivity index (χ3n) is 5.50. The Bertz CT molecular complexity index is 1500. The monoisotopic (exact) mass is 460 g/mol. The Morgan fingerprint density at radius 3 is 2.85 bits per heavy atom. The van der Waals surface area contributed by atoms with Crippen molar-refractivity contribution in [3.8, 4) is 0 Å². The second-order valence-corrected chi connectivity index (χ2v) is 8.02. The van der Waals surface area contributed by atoms with Gasteiger partial charge in [-0.15, -0.1) is 0 Å². The van der Waals surface area contributed by atoms with E-state index in [0.717, 1.165) is 27.8 Å². The lowest BCUT2D eigenvalue weighted by atomic mass is 9.93. The van der Waals surface area contributed by atoms with E-state index < -0.39 is 5.82 Å². The minimum Gasteiger partial charge on any atom is -0.379 e.